The molecule has 2 aromatic rings. The van der Waals surface area contributed by atoms with Crippen LogP contribution in [-0.4, -0.2) is 5.78 Å². The Morgan fingerprint density at radius 3 is 2.00 bits per heavy atom. The van der Waals surface area contributed by atoms with E-state index in [0.717, 1.165) is 0 Å². The monoisotopic (exact) mass is 293 g/mol. The van der Waals surface area contributed by atoms with Crippen LogP contribution in [0.3, 0.4) is 0 Å². The molecule has 0 bridgehead atoms. The molecule has 2 nitrogen and oxygen atoms in total. The van der Waals surface area contributed by atoms with Gasteiger partial charge in [-0.15, -0.1) is 0 Å². The molecule has 0 saturated carbocycles. The second-order valence-electron chi connectivity index (χ2n) is 6.46. The van der Waals surface area contributed by atoms with Crippen molar-refractivity contribution in [3.05, 3.63) is 71.8 Å². The molecular weight excluding hydrogens is 270 g/mol. The number of ketones is 1. The summed E-state index contributed by atoms with van der Waals surface area (Å²) in [5.41, 5.74) is 2.40. The lowest BCUT2D eigenvalue weighted by molar-refractivity contribution is -0.128. The summed E-state index contributed by atoms with van der Waals surface area (Å²) < 4.78 is 0. The number of rotatable bonds is 3. The van der Waals surface area contributed by atoms with Crippen molar-refractivity contribution in [2.45, 2.75) is 32.4 Å². The highest BCUT2D eigenvalue weighted by atomic mass is 16.1. The van der Waals surface area contributed by atoms with Gasteiger partial charge in [0.1, 0.15) is 5.78 Å². The number of carbonyl (C=O) groups is 1. The number of hydrogen-bond donors (Lipinski definition) is 1. The van der Waals surface area contributed by atoms with Crippen LogP contribution in [0.25, 0.3) is 0 Å². The van der Waals surface area contributed by atoms with E-state index in [2.05, 4.69) is 43.4 Å². The average molecular weight is 293 g/mol. The molecule has 1 aliphatic rings. The first-order valence-corrected chi connectivity index (χ1v) is 8.05. The summed E-state index contributed by atoms with van der Waals surface area (Å²) in [5, 5.41) is 3.73. The van der Waals surface area contributed by atoms with Gasteiger partial charge in [-0.2, -0.15) is 0 Å². The third kappa shape index (κ3) is 2.97. The van der Waals surface area contributed by atoms with Crippen LogP contribution in [0.1, 0.15) is 43.5 Å². The molecule has 0 aromatic heterocycles. The Labute approximate surface area is 132 Å². The zero-order valence-corrected chi connectivity index (χ0v) is 13.2. The topological polar surface area (TPSA) is 29.1 Å². The van der Waals surface area contributed by atoms with E-state index in [-0.39, 0.29) is 18.0 Å². The number of Topliss-reactive ketones (excluding diaryl/α,β-unsaturated/α-hetero) is 1. The van der Waals surface area contributed by atoms with Crippen molar-refractivity contribution < 1.29 is 4.79 Å². The first-order valence-electron chi connectivity index (χ1n) is 8.05. The molecule has 3 rings (SSSR count). The van der Waals surface area contributed by atoms with Crippen molar-refractivity contribution in [1.29, 1.82) is 0 Å². The summed E-state index contributed by atoms with van der Waals surface area (Å²) in [6, 6.07) is 20.8. The fourth-order valence-electron chi connectivity index (χ4n) is 3.52. The van der Waals surface area contributed by atoms with Gasteiger partial charge in [0.25, 0.3) is 0 Å². The zero-order valence-electron chi connectivity index (χ0n) is 13.2. The van der Waals surface area contributed by atoms with Gasteiger partial charge in [0, 0.05) is 24.4 Å². The summed E-state index contributed by atoms with van der Waals surface area (Å²) in [4.78, 5) is 12.8. The van der Waals surface area contributed by atoms with E-state index in [1.54, 1.807) is 0 Å². The minimum Gasteiger partial charge on any atom is -0.302 e. The predicted octanol–water partition coefficient (Wildman–Crippen LogP) is 4.30. The largest absolute Gasteiger partial charge is 0.302 e. The molecule has 0 aliphatic carbocycles. The number of piperidine rings is 1. The van der Waals surface area contributed by atoms with E-state index in [1.807, 2.05) is 36.4 Å². The molecule has 0 spiro atoms. The van der Waals surface area contributed by atoms with Crippen LogP contribution in [0.4, 0.5) is 0 Å². The maximum absolute atomic E-state index is 12.8. The minimum atomic E-state index is 0.0439. The lowest BCUT2D eigenvalue weighted by Gasteiger charge is -2.39. The van der Waals surface area contributed by atoms with E-state index < -0.39 is 0 Å². The molecule has 0 radical (unpaired) electrons. The van der Waals surface area contributed by atoms with Crippen molar-refractivity contribution >= 4 is 5.78 Å². The van der Waals surface area contributed by atoms with Gasteiger partial charge in [-0.25, -0.2) is 0 Å². The Kier molecular flexibility index (Phi) is 4.39. The molecule has 1 aliphatic heterocycles. The predicted molar refractivity (Wildman–Crippen MR) is 89.5 cm³/mol. The molecule has 1 heterocycles. The van der Waals surface area contributed by atoms with Crippen LogP contribution < -0.4 is 5.32 Å². The Morgan fingerprint density at radius 1 is 0.909 bits per heavy atom. The van der Waals surface area contributed by atoms with Gasteiger partial charge < -0.3 is 5.32 Å². The standard InChI is InChI=1S/C20H23NO/c1-14(2)19-18(22)13-17(15-9-5-3-6-10-15)21-20(19)16-11-7-4-8-12-16/h3-12,14,17,19-21H,13H2,1-2H3/t17-,19-,20+/m0/s1. The van der Waals surface area contributed by atoms with Gasteiger partial charge in [0.05, 0.1) is 0 Å². The molecule has 0 amide bonds. The molecule has 1 saturated heterocycles. The maximum atomic E-state index is 12.8. The summed E-state index contributed by atoms with van der Waals surface area (Å²) in [6.45, 7) is 4.28. The van der Waals surface area contributed by atoms with Gasteiger partial charge in [-0.1, -0.05) is 74.5 Å². The van der Waals surface area contributed by atoms with E-state index in [0.29, 0.717) is 18.1 Å². The Morgan fingerprint density at radius 2 is 1.45 bits per heavy atom. The Balaban J connectivity index is 1.94. The normalized spacial score (nSPS) is 25.4. The van der Waals surface area contributed by atoms with Crippen LogP contribution in [0.5, 0.6) is 0 Å². The van der Waals surface area contributed by atoms with Gasteiger partial charge in [-0.05, 0) is 17.0 Å². The quantitative estimate of drug-likeness (QED) is 0.914. The smallest absolute Gasteiger partial charge is 0.140 e. The van der Waals surface area contributed by atoms with Crippen LogP contribution in [0.2, 0.25) is 0 Å². The highest BCUT2D eigenvalue weighted by molar-refractivity contribution is 5.84. The van der Waals surface area contributed by atoms with Crippen LogP contribution >= 0.6 is 0 Å². The third-order valence-electron chi connectivity index (χ3n) is 4.60. The lowest BCUT2D eigenvalue weighted by Crippen LogP contribution is -2.44. The molecule has 1 fully saturated rings. The summed E-state index contributed by atoms with van der Waals surface area (Å²) >= 11 is 0. The van der Waals surface area contributed by atoms with Gasteiger partial charge >= 0.3 is 0 Å². The first-order chi connectivity index (χ1) is 10.7. The van der Waals surface area contributed by atoms with Gasteiger partial charge in [0.15, 0.2) is 0 Å². The summed E-state index contributed by atoms with van der Waals surface area (Å²) in [6.07, 6.45) is 0.580. The highest BCUT2D eigenvalue weighted by Crippen LogP contribution is 2.38. The molecule has 2 aromatic carbocycles. The van der Waals surface area contributed by atoms with E-state index in [9.17, 15) is 4.79 Å². The van der Waals surface area contributed by atoms with Crippen molar-refractivity contribution in [1.82, 2.24) is 5.32 Å². The maximum Gasteiger partial charge on any atom is 0.140 e. The number of hydrogen-bond acceptors (Lipinski definition) is 2. The molecule has 114 valence electrons. The molecule has 1 N–H and O–H groups in total. The number of nitrogens with one attached hydrogen (secondary N) is 1. The van der Waals surface area contributed by atoms with Gasteiger partial charge in [-0.3, -0.25) is 4.79 Å². The van der Waals surface area contributed by atoms with E-state index in [1.165, 1.54) is 11.1 Å². The van der Waals surface area contributed by atoms with Crippen molar-refractivity contribution in [3.63, 3.8) is 0 Å². The first kappa shape index (κ1) is 15.0. The second kappa shape index (κ2) is 6.45. The number of carbonyl (C=O) groups excluding carboxylic acids is 1. The minimum absolute atomic E-state index is 0.0439. The highest BCUT2D eigenvalue weighted by Gasteiger charge is 2.38. The van der Waals surface area contributed by atoms with Gasteiger partial charge in [0.2, 0.25) is 0 Å². The van der Waals surface area contributed by atoms with Crippen molar-refractivity contribution in [2.75, 3.05) is 0 Å². The lowest BCUT2D eigenvalue weighted by atomic mass is 9.75. The van der Waals surface area contributed by atoms with E-state index in [4.69, 9.17) is 0 Å². The Hall–Kier alpha value is -1.93. The van der Waals surface area contributed by atoms with Crippen LogP contribution in [0.15, 0.2) is 60.7 Å². The summed E-state index contributed by atoms with van der Waals surface area (Å²) in [5.74, 6) is 0.751. The molecule has 2 heteroatoms. The molecule has 0 unspecified atom stereocenters. The van der Waals surface area contributed by atoms with Crippen LogP contribution in [-0.2, 0) is 4.79 Å². The third-order valence-corrected chi connectivity index (χ3v) is 4.60. The SMILES string of the molecule is CC(C)[C@H]1C(=O)C[C@@H](c2ccccc2)N[C@@H]1c1ccccc1. The number of benzene rings is 2. The zero-order chi connectivity index (χ0) is 15.5. The Bertz CT molecular complexity index is 621. The van der Waals surface area contributed by atoms with Crippen molar-refractivity contribution in [2.24, 2.45) is 11.8 Å². The summed E-state index contributed by atoms with van der Waals surface area (Å²) in [7, 11) is 0. The van der Waals surface area contributed by atoms with Crippen molar-refractivity contribution in [3.8, 4) is 0 Å². The fraction of sp³-hybridized carbons (Fsp3) is 0.350. The molecule has 3 atom stereocenters. The second-order valence-corrected chi connectivity index (χ2v) is 6.46. The molecule has 22 heavy (non-hydrogen) atoms. The van der Waals surface area contributed by atoms with E-state index >= 15 is 0 Å². The molecular formula is C20H23NO. The van der Waals surface area contributed by atoms with Crippen LogP contribution in [0, 0.1) is 11.8 Å². The fourth-order valence-corrected chi connectivity index (χ4v) is 3.52. The average Bonchev–Trinajstić information content (AvgIpc) is 2.55.